The summed E-state index contributed by atoms with van der Waals surface area (Å²) in [5.74, 6) is 1.06. The van der Waals surface area contributed by atoms with Gasteiger partial charge in [-0.05, 0) is 57.0 Å². The summed E-state index contributed by atoms with van der Waals surface area (Å²) >= 11 is 3.49. The van der Waals surface area contributed by atoms with Crippen LogP contribution < -0.4 is 20.3 Å². The smallest absolute Gasteiger partial charge is 0.253 e. The maximum atomic E-state index is 12.4. The lowest BCUT2D eigenvalue weighted by atomic mass is 10.1. The van der Waals surface area contributed by atoms with Crippen LogP contribution >= 0.6 is 15.9 Å². The van der Waals surface area contributed by atoms with Gasteiger partial charge < -0.3 is 19.8 Å². The van der Waals surface area contributed by atoms with Crippen LogP contribution in [0.3, 0.4) is 0 Å². The number of amides is 1. The highest BCUT2D eigenvalue weighted by atomic mass is 79.9. The molecule has 1 aromatic carbocycles. The SMILES string of the molecule is CCOc1cc(Br)c(CC(=O)NCc2c(C)cc(C)[nH]c2=O)cc1OCC. The zero-order valence-corrected chi connectivity index (χ0v) is 17.7. The predicted octanol–water partition coefficient (Wildman–Crippen LogP) is 3.41. The Bertz CT molecular complexity index is 877. The van der Waals surface area contributed by atoms with Gasteiger partial charge in [-0.2, -0.15) is 0 Å². The van der Waals surface area contributed by atoms with Gasteiger partial charge >= 0.3 is 0 Å². The normalized spacial score (nSPS) is 10.6. The Morgan fingerprint density at radius 2 is 1.74 bits per heavy atom. The van der Waals surface area contributed by atoms with E-state index in [1.165, 1.54) is 0 Å². The van der Waals surface area contributed by atoms with E-state index in [-0.39, 0.29) is 24.4 Å². The van der Waals surface area contributed by atoms with E-state index < -0.39 is 0 Å². The Labute approximate surface area is 167 Å². The molecule has 1 amide bonds. The summed E-state index contributed by atoms with van der Waals surface area (Å²) in [4.78, 5) is 27.2. The molecule has 1 heterocycles. The van der Waals surface area contributed by atoms with Gasteiger partial charge in [0.2, 0.25) is 5.91 Å². The van der Waals surface area contributed by atoms with E-state index in [0.29, 0.717) is 30.3 Å². The van der Waals surface area contributed by atoms with Crippen molar-refractivity contribution in [1.82, 2.24) is 10.3 Å². The molecular formula is C20H25BrN2O4. The number of aromatic amines is 1. The van der Waals surface area contributed by atoms with Crippen molar-refractivity contribution < 1.29 is 14.3 Å². The van der Waals surface area contributed by atoms with Gasteiger partial charge in [-0.25, -0.2) is 0 Å². The molecule has 6 nitrogen and oxygen atoms in total. The van der Waals surface area contributed by atoms with Gasteiger partial charge in [0.05, 0.1) is 19.6 Å². The fourth-order valence-electron chi connectivity index (χ4n) is 2.77. The monoisotopic (exact) mass is 436 g/mol. The largest absolute Gasteiger partial charge is 0.490 e. The Hall–Kier alpha value is -2.28. The quantitative estimate of drug-likeness (QED) is 0.664. The van der Waals surface area contributed by atoms with Gasteiger partial charge in [0, 0.05) is 22.3 Å². The van der Waals surface area contributed by atoms with E-state index in [4.69, 9.17) is 9.47 Å². The zero-order valence-electron chi connectivity index (χ0n) is 16.1. The number of pyridine rings is 1. The minimum Gasteiger partial charge on any atom is -0.490 e. The van der Waals surface area contributed by atoms with E-state index in [2.05, 4.69) is 26.2 Å². The Kier molecular flexibility index (Phi) is 7.47. The molecule has 0 saturated heterocycles. The van der Waals surface area contributed by atoms with Crippen molar-refractivity contribution in [3.05, 3.63) is 55.4 Å². The number of H-pyrrole nitrogens is 1. The highest BCUT2D eigenvalue weighted by molar-refractivity contribution is 9.10. The van der Waals surface area contributed by atoms with Crippen LogP contribution in [-0.2, 0) is 17.8 Å². The molecule has 0 aliphatic heterocycles. The molecule has 2 aromatic rings. The molecule has 146 valence electrons. The Morgan fingerprint density at radius 1 is 1.11 bits per heavy atom. The zero-order chi connectivity index (χ0) is 20.0. The molecule has 0 spiro atoms. The average molecular weight is 437 g/mol. The van der Waals surface area contributed by atoms with Gasteiger partial charge in [-0.15, -0.1) is 0 Å². The molecule has 0 unspecified atom stereocenters. The number of benzene rings is 1. The number of hydrogen-bond acceptors (Lipinski definition) is 4. The van der Waals surface area contributed by atoms with E-state index in [1.807, 2.05) is 45.9 Å². The summed E-state index contributed by atoms with van der Waals surface area (Å²) in [6.07, 6.45) is 0.163. The molecule has 7 heteroatoms. The highest BCUT2D eigenvalue weighted by Crippen LogP contribution is 2.34. The second-order valence-corrected chi connectivity index (χ2v) is 7.01. The first-order chi connectivity index (χ1) is 12.8. The molecule has 27 heavy (non-hydrogen) atoms. The summed E-state index contributed by atoms with van der Waals surface area (Å²) < 4.78 is 12.0. The van der Waals surface area contributed by atoms with Crippen LogP contribution in [0.4, 0.5) is 0 Å². The number of carbonyl (C=O) groups excluding carboxylic acids is 1. The highest BCUT2D eigenvalue weighted by Gasteiger charge is 2.14. The third-order valence-electron chi connectivity index (χ3n) is 4.02. The number of nitrogens with one attached hydrogen (secondary N) is 2. The van der Waals surface area contributed by atoms with Crippen LogP contribution in [-0.4, -0.2) is 24.1 Å². The molecule has 0 radical (unpaired) electrons. The lowest BCUT2D eigenvalue weighted by Gasteiger charge is -2.14. The fraction of sp³-hybridized carbons (Fsp3) is 0.400. The second-order valence-electron chi connectivity index (χ2n) is 6.15. The minimum atomic E-state index is -0.179. The van der Waals surface area contributed by atoms with Gasteiger partial charge in [-0.1, -0.05) is 15.9 Å². The maximum Gasteiger partial charge on any atom is 0.253 e. The number of aryl methyl sites for hydroxylation is 2. The van der Waals surface area contributed by atoms with Gasteiger partial charge in [0.1, 0.15) is 0 Å². The number of ether oxygens (including phenoxy) is 2. The Morgan fingerprint density at radius 3 is 2.33 bits per heavy atom. The fourth-order valence-corrected chi connectivity index (χ4v) is 3.24. The molecule has 0 aliphatic carbocycles. The standard InChI is InChI=1S/C20H25BrN2O4/c1-5-26-17-8-14(16(21)10-18(17)27-6-2)9-19(24)22-11-15-12(3)7-13(4)23-20(15)25/h7-8,10H,5-6,9,11H2,1-4H3,(H,22,24)(H,23,25). The first kappa shape index (κ1) is 21.0. The lowest BCUT2D eigenvalue weighted by molar-refractivity contribution is -0.120. The van der Waals surface area contributed by atoms with Crippen LogP contribution in [0.1, 0.15) is 36.2 Å². The predicted molar refractivity (Wildman–Crippen MR) is 109 cm³/mol. The van der Waals surface area contributed by atoms with Crippen molar-refractivity contribution >= 4 is 21.8 Å². The van der Waals surface area contributed by atoms with Crippen molar-refractivity contribution in [2.45, 2.75) is 40.7 Å². The number of halogens is 1. The van der Waals surface area contributed by atoms with Crippen LogP contribution in [0.2, 0.25) is 0 Å². The number of carbonyl (C=O) groups is 1. The van der Waals surface area contributed by atoms with Gasteiger partial charge in [-0.3, -0.25) is 9.59 Å². The van der Waals surface area contributed by atoms with E-state index in [9.17, 15) is 9.59 Å². The Balaban J connectivity index is 2.11. The number of rotatable bonds is 8. The molecule has 0 saturated carbocycles. The molecule has 0 bridgehead atoms. The summed E-state index contributed by atoms with van der Waals surface area (Å²) in [5.41, 5.74) is 2.84. The average Bonchev–Trinajstić information content (AvgIpc) is 2.58. The molecule has 0 fully saturated rings. The van der Waals surface area contributed by atoms with Crippen molar-refractivity contribution in [2.24, 2.45) is 0 Å². The van der Waals surface area contributed by atoms with Gasteiger partial charge in [0.25, 0.3) is 5.56 Å². The van der Waals surface area contributed by atoms with Crippen LogP contribution in [0, 0.1) is 13.8 Å². The molecular weight excluding hydrogens is 412 g/mol. The molecule has 2 N–H and O–H groups in total. The van der Waals surface area contributed by atoms with E-state index in [1.54, 1.807) is 0 Å². The number of aromatic nitrogens is 1. The maximum absolute atomic E-state index is 12.4. The minimum absolute atomic E-state index is 0.163. The van der Waals surface area contributed by atoms with Crippen molar-refractivity contribution in [3.63, 3.8) is 0 Å². The molecule has 0 atom stereocenters. The first-order valence-electron chi connectivity index (χ1n) is 8.89. The lowest BCUT2D eigenvalue weighted by Crippen LogP contribution is -2.29. The summed E-state index contributed by atoms with van der Waals surface area (Å²) in [6, 6.07) is 5.51. The summed E-state index contributed by atoms with van der Waals surface area (Å²) in [5, 5.41) is 2.82. The van der Waals surface area contributed by atoms with Crippen molar-refractivity contribution in [3.8, 4) is 11.5 Å². The third-order valence-corrected chi connectivity index (χ3v) is 4.76. The van der Waals surface area contributed by atoms with E-state index >= 15 is 0 Å². The van der Waals surface area contributed by atoms with Crippen molar-refractivity contribution in [2.75, 3.05) is 13.2 Å². The summed E-state index contributed by atoms with van der Waals surface area (Å²) in [7, 11) is 0. The molecule has 1 aromatic heterocycles. The molecule has 2 rings (SSSR count). The van der Waals surface area contributed by atoms with Crippen LogP contribution in [0.25, 0.3) is 0 Å². The van der Waals surface area contributed by atoms with Gasteiger partial charge in [0.15, 0.2) is 11.5 Å². The van der Waals surface area contributed by atoms with Crippen LogP contribution in [0.5, 0.6) is 11.5 Å². The van der Waals surface area contributed by atoms with Crippen LogP contribution in [0.15, 0.2) is 27.5 Å². The topological polar surface area (TPSA) is 80.4 Å². The third kappa shape index (κ3) is 5.60. The second kappa shape index (κ2) is 9.60. The summed E-state index contributed by atoms with van der Waals surface area (Å²) in [6.45, 7) is 8.70. The van der Waals surface area contributed by atoms with E-state index in [0.717, 1.165) is 21.3 Å². The van der Waals surface area contributed by atoms with Crippen molar-refractivity contribution in [1.29, 1.82) is 0 Å². The first-order valence-corrected chi connectivity index (χ1v) is 9.69. The number of hydrogen-bond donors (Lipinski definition) is 2. The molecule has 0 aliphatic rings.